The highest BCUT2D eigenvalue weighted by molar-refractivity contribution is 5.41. The summed E-state index contributed by atoms with van der Waals surface area (Å²) in [5.74, 6) is 2.00. The molecule has 2 nitrogen and oxygen atoms in total. The Morgan fingerprint density at radius 2 is 1.89 bits per heavy atom. The fourth-order valence-corrected chi connectivity index (χ4v) is 2.00. The van der Waals surface area contributed by atoms with Crippen LogP contribution in [0.25, 0.3) is 0 Å². The first-order valence-corrected chi connectivity index (χ1v) is 6.58. The molecule has 0 spiro atoms. The second kappa shape index (κ2) is 5.89. The fourth-order valence-electron chi connectivity index (χ4n) is 2.00. The van der Waals surface area contributed by atoms with Crippen LogP contribution < -0.4 is 4.74 Å². The Bertz CT molecular complexity index is 559. The molecule has 0 aliphatic heterocycles. The molecule has 2 rings (SSSR count). The summed E-state index contributed by atoms with van der Waals surface area (Å²) in [4.78, 5) is 0. The van der Waals surface area contributed by atoms with Crippen LogP contribution in [0.1, 0.15) is 36.5 Å². The maximum Gasteiger partial charge on any atom is 0.132 e. The van der Waals surface area contributed by atoms with Gasteiger partial charge in [-0.3, -0.25) is 0 Å². The first-order valence-electron chi connectivity index (χ1n) is 6.58. The van der Waals surface area contributed by atoms with E-state index in [0.717, 1.165) is 16.9 Å². The van der Waals surface area contributed by atoms with Crippen molar-refractivity contribution in [3.63, 3.8) is 0 Å². The van der Waals surface area contributed by atoms with Gasteiger partial charge < -0.3 is 9.84 Å². The average molecular weight is 256 g/mol. The van der Waals surface area contributed by atoms with Crippen molar-refractivity contribution in [1.29, 1.82) is 0 Å². The van der Waals surface area contributed by atoms with E-state index in [2.05, 4.69) is 19.9 Å². The minimum atomic E-state index is -0.0130. The molecule has 2 aromatic rings. The monoisotopic (exact) mass is 256 g/mol. The lowest BCUT2D eigenvalue weighted by Crippen LogP contribution is -1.94. The zero-order valence-corrected chi connectivity index (χ0v) is 11.7. The maximum absolute atomic E-state index is 9.38. The van der Waals surface area contributed by atoms with E-state index in [0.29, 0.717) is 11.7 Å². The van der Waals surface area contributed by atoms with Crippen LogP contribution in [0.3, 0.4) is 0 Å². The highest BCUT2D eigenvalue weighted by Crippen LogP contribution is 2.28. The Hall–Kier alpha value is -1.80. The predicted molar refractivity (Wildman–Crippen MR) is 77.7 cm³/mol. The number of ether oxygens (including phenoxy) is 1. The second-order valence-electron chi connectivity index (χ2n) is 5.10. The van der Waals surface area contributed by atoms with Gasteiger partial charge in [-0.1, -0.05) is 43.7 Å². The largest absolute Gasteiger partial charge is 0.457 e. The van der Waals surface area contributed by atoms with E-state index < -0.39 is 0 Å². The highest BCUT2D eigenvalue weighted by Gasteiger charge is 2.06. The summed E-state index contributed by atoms with van der Waals surface area (Å²) in [5.41, 5.74) is 3.18. The molecule has 100 valence electrons. The van der Waals surface area contributed by atoms with Crippen molar-refractivity contribution >= 4 is 0 Å². The lowest BCUT2D eigenvalue weighted by Gasteiger charge is -2.12. The number of aliphatic hydroxyl groups is 1. The van der Waals surface area contributed by atoms with E-state index in [1.54, 1.807) is 0 Å². The standard InChI is InChI=1S/C17H20O2/c1-12(2)14-5-4-6-16(10-14)19-17-8-7-13(3)9-15(17)11-18/h4-10,12,18H,11H2,1-3H3. The minimum Gasteiger partial charge on any atom is -0.457 e. The Morgan fingerprint density at radius 3 is 2.58 bits per heavy atom. The van der Waals surface area contributed by atoms with Gasteiger partial charge in [-0.25, -0.2) is 0 Å². The molecule has 0 atom stereocenters. The summed E-state index contributed by atoms with van der Waals surface area (Å²) in [6.07, 6.45) is 0. The van der Waals surface area contributed by atoms with E-state index in [1.165, 1.54) is 5.56 Å². The molecule has 0 saturated carbocycles. The Balaban J connectivity index is 2.28. The Kier molecular flexibility index (Phi) is 4.23. The number of hydrogen-bond donors (Lipinski definition) is 1. The number of benzene rings is 2. The zero-order chi connectivity index (χ0) is 13.8. The summed E-state index contributed by atoms with van der Waals surface area (Å²) in [7, 11) is 0. The molecule has 2 aromatic carbocycles. The third-order valence-corrected chi connectivity index (χ3v) is 3.14. The van der Waals surface area contributed by atoms with Crippen molar-refractivity contribution in [2.75, 3.05) is 0 Å². The van der Waals surface area contributed by atoms with Gasteiger partial charge in [0.2, 0.25) is 0 Å². The van der Waals surface area contributed by atoms with Crippen LogP contribution in [0.5, 0.6) is 11.5 Å². The molecule has 0 bridgehead atoms. The van der Waals surface area contributed by atoms with Crippen LogP contribution in [0, 0.1) is 6.92 Å². The van der Waals surface area contributed by atoms with Gasteiger partial charge in [0.15, 0.2) is 0 Å². The SMILES string of the molecule is Cc1ccc(Oc2cccc(C(C)C)c2)c(CO)c1. The van der Waals surface area contributed by atoms with Gasteiger partial charge in [0, 0.05) is 5.56 Å². The third-order valence-electron chi connectivity index (χ3n) is 3.14. The van der Waals surface area contributed by atoms with Gasteiger partial charge >= 0.3 is 0 Å². The van der Waals surface area contributed by atoms with Crippen LogP contribution in [0.15, 0.2) is 42.5 Å². The molecule has 0 aliphatic rings. The minimum absolute atomic E-state index is 0.0130. The summed E-state index contributed by atoms with van der Waals surface area (Å²) in [5, 5.41) is 9.38. The first-order chi connectivity index (χ1) is 9.10. The van der Waals surface area contributed by atoms with Gasteiger partial charge in [-0.15, -0.1) is 0 Å². The van der Waals surface area contributed by atoms with Crippen molar-refractivity contribution < 1.29 is 9.84 Å². The van der Waals surface area contributed by atoms with Gasteiger partial charge in [0.25, 0.3) is 0 Å². The molecule has 19 heavy (non-hydrogen) atoms. The smallest absolute Gasteiger partial charge is 0.132 e. The van der Waals surface area contributed by atoms with Crippen molar-refractivity contribution in [2.45, 2.75) is 33.3 Å². The van der Waals surface area contributed by atoms with E-state index in [4.69, 9.17) is 4.74 Å². The van der Waals surface area contributed by atoms with Crippen LogP contribution in [-0.2, 0) is 6.61 Å². The van der Waals surface area contributed by atoms with Crippen LogP contribution in [-0.4, -0.2) is 5.11 Å². The van der Waals surface area contributed by atoms with Crippen molar-refractivity contribution in [3.8, 4) is 11.5 Å². The average Bonchev–Trinajstić information content (AvgIpc) is 2.41. The summed E-state index contributed by atoms with van der Waals surface area (Å²) in [6.45, 7) is 6.30. The quantitative estimate of drug-likeness (QED) is 0.878. The maximum atomic E-state index is 9.38. The molecule has 0 radical (unpaired) electrons. The summed E-state index contributed by atoms with van der Waals surface area (Å²) in [6, 6.07) is 13.9. The normalized spacial score (nSPS) is 10.8. The lowest BCUT2D eigenvalue weighted by molar-refractivity contribution is 0.276. The summed E-state index contributed by atoms with van der Waals surface area (Å²) < 4.78 is 5.89. The second-order valence-corrected chi connectivity index (χ2v) is 5.10. The molecule has 1 N–H and O–H groups in total. The lowest BCUT2D eigenvalue weighted by atomic mass is 10.0. The molecule has 0 aromatic heterocycles. The van der Waals surface area contributed by atoms with Crippen molar-refractivity contribution in [2.24, 2.45) is 0 Å². The molecule has 0 heterocycles. The van der Waals surface area contributed by atoms with E-state index >= 15 is 0 Å². The van der Waals surface area contributed by atoms with E-state index in [-0.39, 0.29) is 6.61 Å². The molecule has 0 unspecified atom stereocenters. The molecule has 0 aliphatic carbocycles. The Morgan fingerprint density at radius 1 is 1.11 bits per heavy atom. The number of aryl methyl sites for hydroxylation is 1. The van der Waals surface area contributed by atoms with E-state index in [1.807, 2.05) is 43.3 Å². The zero-order valence-electron chi connectivity index (χ0n) is 11.7. The van der Waals surface area contributed by atoms with Gasteiger partial charge in [0.1, 0.15) is 11.5 Å². The predicted octanol–water partition coefficient (Wildman–Crippen LogP) is 4.40. The number of aliphatic hydroxyl groups excluding tert-OH is 1. The number of hydrogen-bond acceptors (Lipinski definition) is 2. The number of rotatable bonds is 4. The fraction of sp³-hybridized carbons (Fsp3) is 0.294. The molecular weight excluding hydrogens is 236 g/mol. The Labute approximate surface area is 114 Å². The topological polar surface area (TPSA) is 29.5 Å². The molecule has 0 fully saturated rings. The molecular formula is C17H20O2. The third kappa shape index (κ3) is 3.36. The molecule has 0 saturated heterocycles. The van der Waals surface area contributed by atoms with Crippen LogP contribution in [0.4, 0.5) is 0 Å². The molecule has 0 amide bonds. The van der Waals surface area contributed by atoms with E-state index in [9.17, 15) is 5.11 Å². The summed E-state index contributed by atoms with van der Waals surface area (Å²) >= 11 is 0. The first kappa shape index (κ1) is 13.6. The highest BCUT2D eigenvalue weighted by atomic mass is 16.5. The van der Waals surface area contributed by atoms with Crippen LogP contribution in [0.2, 0.25) is 0 Å². The van der Waals surface area contributed by atoms with Crippen LogP contribution >= 0.6 is 0 Å². The van der Waals surface area contributed by atoms with Crippen molar-refractivity contribution in [3.05, 3.63) is 59.2 Å². The van der Waals surface area contributed by atoms with Gasteiger partial charge in [0.05, 0.1) is 6.61 Å². The van der Waals surface area contributed by atoms with Crippen molar-refractivity contribution in [1.82, 2.24) is 0 Å². The van der Waals surface area contributed by atoms with Gasteiger partial charge in [-0.05, 0) is 36.6 Å². The van der Waals surface area contributed by atoms with Gasteiger partial charge in [-0.2, -0.15) is 0 Å². The molecule has 2 heteroatoms.